The molecule has 0 saturated heterocycles. The largest absolute Gasteiger partial charge is 0.497 e. The number of para-hydroxylation sites is 1. The Kier molecular flexibility index (Phi) is 5.53. The van der Waals surface area contributed by atoms with Crippen molar-refractivity contribution in [3.8, 4) is 16.3 Å². The molecule has 29 heavy (non-hydrogen) atoms. The first-order chi connectivity index (χ1) is 14.2. The Morgan fingerprint density at radius 2 is 1.97 bits per heavy atom. The molecule has 0 fully saturated rings. The van der Waals surface area contributed by atoms with Crippen LogP contribution < -0.4 is 15.4 Å². The van der Waals surface area contributed by atoms with Crippen LogP contribution in [0.15, 0.2) is 66.0 Å². The number of amides is 2. The highest BCUT2D eigenvalue weighted by atomic mass is 32.1. The Morgan fingerprint density at radius 3 is 2.72 bits per heavy atom. The highest BCUT2D eigenvalue weighted by Crippen LogP contribution is 2.36. The van der Waals surface area contributed by atoms with Crippen LogP contribution in [0.1, 0.15) is 12.5 Å². The number of benzene rings is 2. The van der Waals surface area contributed by atoms with Gasteiger partial charge in [-0.25, -0.2) is 4.79 Å². The fourth-order valence-corrected chi connectivity index (χ4v) is 4.43. The highest BCUT2D eigenvalue weighted by molar-refractivity contribution is 7.13. The minimum atomic E-state index is -0.247. The first kappa shape index (κ1) is 19.1. The van der Waals surface area contributed by atoms with Crippen molar-refractivity contribution in [2.75, 3.05) is 12.4 Å². The summed E-state index contributed by atoms with van der Waals surface area (Å²) in [5.74, 6) is 0.703. The topological polar surface area (TPSA) is 55.3 Å². The van der Waals surface area contributed by atoms with Gasteiger partial charge in [-0.1, -0.05) is 30.3 Å². The fourth-order valence-electron chi connectivity index (χ4n) is 3.62. The fraction of sp³-hybridized carbons (Fsp3) is 0.174. The lowest BCUT2D eigenvalue weighted by Gasteiger charge is -2.11. The second-order valence-electron chi connectivity index (χ2n) is 6.61. The monoisotopic (exact) mass is 405 g/mol. The molecule has 2 N–H and O–H groups in total. The van der Waals surface area contributed by atoms with Gasteiger partial charge in [0, 0.05) is 41.3 Å². The predicted octanol–water partition coefficient (Wildman–Crippen LogP) is 5.72. The lowest BCUT2D eigenvalue weighted by molar-refractivity contribution is 0.252. The van der Waals surface area contributed by atoms with Crippen LogP contribution in [0.4, 0.5) is 10.5 Å². The van der Waals surface area contributed by atoms with Gasteiger partial charge in [-0.2, -0.15) is 0 Å². The standard InChI is InChI=1S/C23H23N3O2S/c1-3-26-20-11-5-4-10-18(20)19(22(26)21-12-7-13-29-21)15-24-23(27)25-16-8-6-9-17(14-16)28-2/h4-14H,3,15H2,1-2H3,(H2,24,25,27). The number of urea groups is 1. The van der Waals surface area contributed by atoms with Crippen LogP contribution in [0.25, 0.3) is 21.5 Å². The van der Waals surface area contributed by atoms with E-state index in [1.165, 1.54) is 21.5 Å². The van der Waals surface area contributed by atoms with E-state index in [1.807, 2.05) is 24.3 Å². The minimum absolute atomic E-state index is 0.247. The first-order valence-corrected chi connectivity index (χ1v) is 10.4. The number of nitrogens with zero attached hydrogens (tertiary/aromatic N) is 1. The van der Waals surface area contributed by atoms with E-state index >= 15 is 0 Å². The lowest BCUT2D eigenvalue weighted by Crippen LogP contribution is -2.28. The normalized spacial score (nSPS) is 10.8. The molecule has 2 amide bonds. The second-order valence-corrected chi connectivity index (χ2v) is 7.55. The summed E-state index contributed by atoms with van der Waals surface area (Å²) in [6.07, 6.45) is 0. The Morgan fingerprint density at radius 1 is 1.10 bits per heavy atom. The number of nitrogens with one attached hydrogen (secondary N) is 2. The number of hydrogen-bond acceptors (Lipinski definition) is 3. The molecular weight excluding hydrogens is 382 g/mol. The van der Waals surface area contributed by atoms with Crippen LogP contribution in [0, 0.1) is 0 Å². The van der Waals surface area contributed by atoms with E-state index in [0.717, 1.165) is 12.1 Å². The summed E-state index contributed by atoms with van der Waals surface area (Å²) in [4.78, 5) is 13.7. The molecule has 0 saturated carbocycles. The average Bonchev–Trinajstić information content (AvgIpc) is 3.38. The van der Waals surface area contributed by atoms with E-state index in [1.54, 1.807) is 24.5 Å². The van der Waals surface area contributed by atoms with Crippen molar-refractivity contribution in [3.63, 3.8) is 0 Å². The summed E-state index contributed by atoms with van der Waals surface area (Å²) in [7, 11) is 1.61. The second kappa shape index (κ2) is 8.41. The molecule has 0 spiro atoms. The van der Waals surface area contributed by atoms with E-state index in [4.69, 9.17) is 4.74 Å². The third-order valence-electron chi connectivity index (χ3n) is 4.90. The number of fused-ring (bicyclic) bond motifs is 1. The van der Waals surface area contributed by atoms with Gasteiger partial charge in [0.05, 0.1) is 17.7 Å². The molecule has 2 heterocycles. The quantitative estimate of drug-likeness (QED) is 0.431. The maximum atomic E-state index is 12.5. The Labute approximate surface area is 173 Å². The number of carbonyl (C=O) groups is 1. The SMILES string of the molecule is CCn1c(-c2cccs2)c(CNC(=O)Nc2cccc(OC)c2)c2ccccc21. The summed E-state index contributed by atoms with van der Waals surface area (Å²) >= 11 is 1.71. The van der Waals surface area contributed by atoms with Gasteiger partial charge in [0.25, 0.3) is 0 Å². The molecule has 5 nitrogen and oxygen atoms in total. The van der Waals surface area contributed by atoms with E-state index < -0.39 is 0 Å². The Bertz CT molecular complexity index is 1130. The Balaban J connectivity index is 1.62. The number of aromatic nitrogens is 1. The van der Waals surface area contributed by atoms with Gasteiger partial charge in [0.2, 0.25) is 0 Å². The number of rotatable bonds is 6. The molecule has 2 aromatic heterocycles. The van der Waals surface area contributed by atoms with Gasteiger partial charge in [0.1, 0.15) is 5.75 Å². The van der Waals surface area contributed by atoms with Gasteiger partial charge in [-0.05, 0) is 36.6 Å². The molecule has 4 rings (SSSR count). The molecule has 4 aromatic rings. The van der Waals surface area contributed by atoms with Gasteiger partial charge in [0.15, 0.2) is 0 Å². The number of hydrogen-bond donors (Lipinski definition) is 2. The predicted molar refractivity (Wildman–Crippen MR) is 120 cm³/mol. The summed E-state index contributed by atoms with van der Waals surface area (Å²) in [6.45, 7) is 3.45. The zero-order valence-corrected chi connectivity index (χ0v) is 17.3. The van der Waals surface area contributed by atoms with Crippen molar-refractivity contribution in [1.29, 1.82) is 0 Å². The van der Waals surface area contributed by atoms with Crippen molar-refractivity contribution in [2.24, 2.45) is 0 Å². The molecule has 0 atom stereocenters. The van der Waals surface area contributed by atoms with Crippen LogP contribution in [-0.4, -0.2) is 17.7 Å². The zero-order chi connectivity index (χ0) is 20.2. The zero-order valence-electron chi connectivity index (χ0n) is 16.4. The van der Waals surface area contributed by atoms with Crippen LogP contribution >= 0.6 is 11.3 Å². The molecule has 0 unspecified atom stereocenters. The lowest BCUT2D eigenvalue weighted by atomic mass is 10.1. The number of ether oxygens (including phenoxy) is 1. The molecule has 0 radical (unpaired) electrons. The molecule has 0 aliphatic carbocycles. The van der Waals surface area contributed by atoms with Crippen molar-refractivity contribution < 1.29 is 9.53 Å². The minimum Gasteiger partial charge on any atom is -0.497 e. The molecule has 0 bridgehead atoms. The summed E-state index contributed by atoms with van der Waals surface area (Å²) in [5.41, 5.74) is 4.18. The van der Waals surface area contributed by atoms with Crippen LogP contribution in [0.5, 0.6) is 5.75 Å². The van der Waals surface area contributed by atoms with Gasteiger partial charge >= 0.3 is 6.03 Å². The van der Waals surface area contributed by atoms with E-state index in [0.29, 0.717) is 18.0 Å². The number of aryl methyl sites for hydroxylation is 1. The molecule has 0 aliphatic rings. The van der Waals surface area contributed by atoms with E-state index in [-0.39, 0.29) is 6.03 Å². The third kappa shape index (κ3) is 3.84. The van der Waals surface area contributed by atoms with Crippen LogP contribution in [0.3, 0.4) is 0 Å². The van der Waals surface area contributed by atoms with Crippen molar-refractivity contribution in [2.45, 2.75) is 20.0 Å². The average molecular weight is 406 g/mol. The summed E-state index contributed by atoms with van der Waals surface area (Å²) in [5, 5.41) is 9.14. The highest BCUT2D eigenvalue weighted by Gasteiger charge is 2.18. The Hall–Kier alpha value is -3.25. The van der Waals surface area contributed by atoms with E-state index in [2.05, 4.69) is 57.8 Å². The van der Waals surface area contributed by atoms with Crippen molar-refractivity contribution >= 4 is 34.0 Å². The summed E-state index contributed by atoms with van der Waals surface area (Å²) in [6, 6.07) is 19.6. The van der Waals surface area contributed by atoms with Crippen molar-refractivity contribution in [1.82, 2.24) is 9.88 Å². The molecule has 6 heteroatoms. The van der Waals surface area contributed by atoms with Gasteiger partial charge < -0.3 is 19.9 Å². The third-order valence-corrected chi connectivity index (χ3v) is 5.78. The number of carbonyl (C=O) groups excluding carboxylic acids is 1. The van der Waals surface area contributed by atoms with Gasteiger partial charge in [-0.15, -0.1) is 11.3 Å². The molecular formula is C23H23N3O2S. The molecule has 0 aliphatic heterocycles. The smallest absolute Gasteiger partial charge is 0.319 e. The summed E-state index contributed by atoms with van der Waals surface area (Å²) < 4.78 is 7.53. The maximum Gasteiger partial charge on any atom is 0.319 e. The van der Waals surface area contributed by atoms with Crippen LogP contribution in [0.2, 0.25) is 0 Å². The molecule has 2 aromatic carbocycles. The van der Waals surface area contributed by atoms with Gasteiger partial charge in [-0.3, -0.25) is 0 Å². The van der Waals surface area contributed by atoms with Crippen LogP contribution in [-0.2, 0) is 13.1 Å². The number of anilines is 1. The first-order valence-electron chi connectivity index (χ1n) is 9.54. The van der Waals surface area contributed by atoms with Crippen molar-refractivity contribution in [3.05, 3.63) is 71.6 Å². The number of thiophene rings is 1. The maximum absolute atomic E-state index is 12.5. The molecule has 148 valence electrons. The number of methoxy groups -OCH3 is 1. The van der Waals surface area contributed by atoms with E-state index in [9.17, 15) is 4.79 Å².